The van der Waals surface area contributed by atoms with Crippen LogP contribution in [0.25, 0.3) is 0 Å². The van der Waals surface area contributed by atoms with Crippen molar-refractivity contribution in [2.45, 2.75) is 20.8 Å². The molecule has 2 aliphatic heterocycles. The molecule has 0 N–H and O–H groups in total. The molecule has 2 heterocycles. The second-order valence-electron chi connectivity index (χ2n) is 7.60. The lowest BCUT2D eigenvalue weighted by atomic mass is 9.94. The van der Waals surface area contributed by atoms with Crippen LogP contribution >= 0.6 is 0 Å². The van der Waals surface area contributed by atoms with Crippen LogP contribution in [0.3, 0.4) is 0 Å². The third-order valence-electron chi connectivity index (χ3n) is 4.53. The number of Topliss-reactive ketones (excluding diaryl/α,β-unsaturated/α-hetero) is 1. The number of benzene rings is 1. The van der Waals surface area contributed by atoms with Gasteiger partial charge in [0.15, 0.2) is 17.3 Å². The summed E-state index contributed by atoms with van der Waals surface area (Å²) in [6.45, 7) is 10.0. The molecule has 6 heteroatoms. The van der Waals surface area contributed by atoms with Crippen LogP contribution in [-0.2, 0) is 4.79 Å². The Morgan fingerprint density at radius 3 is 2.28 bits per heavy atom. The van der Waals surface area contributed by atoms with Crippen LogP contribution in [0.2, 0.25) is 0 Å². The van der Waals surface area contributed by atoms with Crippen LogP contribution in [0, 0.1) is 5.41 Å². The Balaban J connectivity index is 1.55. The first-order chi connectivity index (χ1) is 11.8. The largest absolute Gasteiger partial charge is 0.486 e. The van der Waals surface area contributed by atoms with E-state index in [9.17, 15) is 9.59 Å². The Morgan fingerprint density at radius 2 is 1.64 bits per heavy atom. The van der Waals surface area contributed by atoms with E-state index >= 15 is 0 Å². The van der Waals surface area contributed by atoms with E-state index in [-0.39, 0.29) is 17.1 Å². The Morgan fingerprint density at radius 1 is 1.00 bits per heavy atom. The summed E-state index contributed by atoms with van der Waals surface area (Å²) >= 11 is 0. The molecular weight excluding hydrogens is 320 g/mol. The van der Waals surface area contributed by atoms with Crippen molar-refractivity contribution < 1.29 is 19.1 Å². The van der Waals surface area contributed by atoms with Gasteiger partial charge in [-0.2, -0.15) is 0 Å². The highest BCUT2D eigenvalue weighted by molar-refractivity contribution is 5.98. The summed E-state index contributed by atoms with van der Waals surface area (Å²) in [4.78, 5) is 28.9. The Labute approximate surface area is 148 Å². The summed E-state index contributed by atoms with van der Waals surface area (Å²) in [6, 6.07) is 5.34. The van der Waals surface area contributed by atoms with Crippen LogP contribution < -0.4 is 9.47 Å². The minimum Gasteiger partial charge on any atom is -0.486 e. The number of fused-ring (bicyclic) bond motifs is 1. The fourth-order valence-corrected chi connectivity index (χ4v) is 3.09. The number of piperazine rings is 1. The molecule has 3 rings (SSSR count). The molecule has 1 amide bonds. The highest BCUT2D eigenvalue weighted by Gasteiger charge is 2.30. The van der Waals surface area contributed by atoms with E-state index in [2.05, 4.69) is 4.90 Å². The molecule has 25 heavy (non-hydrogen) atoms. The predicted molar refractivity (Wildman–Crippen MR) is 94.2 cm³/mol. The van der Waals surface area contributed by atoms with Crippen molar-refractivity contribution in [1.82, 2.24) is 9.80 Å². The lowest BCUT2D eigenvalue weighted by Crippen LogP contribution is -2.52. The summed E-state index contributed by atoms with van der Waals surface area (Å²) in [5.74, 6) is 1.56. The fourth-order valence-electron chi connectivity index (χ4n) is 3.09. The number of hydrogen-bond acceptors (Lipinski definition) is 5. The molecule has 1 saturated heterocycles. The van der Waals surface area contributed by atoms with E-state index in [1.807, 2.05) is 25.7 Å². The molecule has 0 aliphatic carbocycles. The smallest absolute Gasteiger partial charge is 0.228 e. The van der Waals surface area contributed by atoms with Crippen molar-refractivity contribution in [2.24, 2.45) is 5.41 Å². The van der Waals surface area contributed by atoms with E-state index in [0.29, 0.717) is 49.9 Å². The number of carbonyl (C=O) groups excluding carboxylic acids is 2. The molecule has 1 aromatic rings. The number of rotatable bonds is 3. The predicted octanol–water partition coefficient (Wildman–Crippen LogP) is 1.83. The van der Waals surface area contributed by atoms with Gasteiger partial charge in [-0.15, -0.1) is 0 Å². The van der Waals surface area contributed by atoms with E-state index < -0.39 is 0 Å². The summed E-state index contributed by atoms with van der Waals surface area (Å²) in [7, 11) is 0. The van der Waals surface area contributed by atoms with Gasteiger partial charge in [0.2, 0.25) is 5.91 Å². The maximum atomic E-state index is 12.6. The maximum Gasteiger partial charge on any atom is 0.228 e. The van der Waals surface area contributed by atoms with E-state index in [4.69, 9.17) is 9.47 Å². The van der Waals surface area contributed by atoms with Crippen molar-refractivity contribution in [3.8, 4) is 11.5 Å². The number of carbonyl (C=O) groups is 2. The Bertz CT molecular complexity index is 658. The molecule has 136 valence electrons. The van der Waals surface area contributed by atoms with Gasteiger partial charge in [0, 0.05) is 37.2 Å². The minimum absolute atomic E-state index is 0.0626. The van der Waals surface area contributed by atoms with Crippen molar-refractivity contribution in [1.29, 1.82) is 0 Å². The zero-order valence-corrected chi connectivity index (χ0v) is 15.2. The third-order valence-corrected chi connectivity index (χ3v) is 4.53. The number of amides is 1. The third kappa shape index (κ3) is 4.12. The van der Waals surface area contributed by atoms with Gasteiger partial charge in [-0.25, -0.2) is 0 Å². The first-order valence-electron chi connectivity index (χ1n) is 8.79. The fraction of sp³-hybridized carbons (Fsp3) is 0.579. The van der Waals surface area contributed by atoms with Gasteiger partial charge >= 0.3 is 0 Å². The summed E-state index contributed by atoms with van der Waals surface area (Å²) in [5, 5.41) is 0. The van der Waals surface area contributed by atoms with Crippen LogP contribution in [-0.4, -0.2) is 67.4 Å². The number of nitrogens with zero attached hydrogens (tertiary/aromatic N) is 2. The SMILES string of the molecule is CC(C)(C)C(=O)N1CCN(CC(=O)c2ccc3c(c2)OCCO3)CC1. The standard InChI is InChI=1S/C19H26N2O4/c1-19(2,3)18(23)21-8-6-20(7-9-21)13-15(22)14-4-5-16-17(12-14)25-11-10-24-16/h4-5,12H,6-11,13H2,1-3H3. The zero-order chi connectivity index (χ0) is 18.0. The first kappa shape index (κ1) is 17.7. The molecule has 1 fully saturated rings. The Hall–Kier alpha value is -2.08. The minimum atomic E-state index is -0.358. The van der Waals surface area contributed by atoms with Crippen LogP contribution in [0.15, 0.2) is 18.2 Å². The molecule has 0 unspecified atom stereocenters. The summed E-state index contributed by atoms with van der Waals surface area (Å²) in [6.07, 6.45) is 0. The average molecular weight is 346 g/mol. The van der Waals surface area contributed by atoms with E-state index in [1.54, 1.807) is 18.2 Å². The normalized spacial score (nSPS) is 18.1. The number of hydrogen-bond donors (Lipinski definition) is 0. The van der Waals surface area contributed by atoms with Gasteiger partial charge in [-0.3, -0.25) is 14.5 Å². The van der Waals surface area contributed by atoms with Gasteiger partial charge in [0.05, 0.1) is 6.54 Å². The van der Waals surface area contributed by atoms with Gasteiger partial charge in [0.1, 0.15) is 13.2 Å². The highest BCUT2D eigenvalue weighted by atomic mass is 16.6. The maximum absolute atomic E-state index is 12.6. The molecular formula is C19H26N2O4. The van der Waals surface area contributed by atoms with Gasteiger partial charge in [-0.1, -0.05) is 20.8 Å². The second-order valence-corrected chi connectivity index (χ2v) is 7.60. The lowest BCUT2D eigenvalue weighted by Gasteiger charge is -2.37. The zero-order valence-electron chi connectivity index (χ0n) is 15.2. The van der Waals surface area contributed by atoms with E-state index in [1.165, 1.54) is 0 Å². The molecule has 6 nitrogen and oxygen atoms in total. The summed E-state index contributed by atoms with van der Waals surface area (Å²) < 4.78 is 11.0. The molecule has 1 aromatic carbocycles. The summed E-state index contributed by atoms with van der Waals surface area (Å²) in [5.41, 5.74) is 0.279. The molecule has 0 aromatic heterocycles. The van der Waals surface area contributed by atoms with Crippen LogP contribution in [0.4, 0.5) is 0 Å². The number of ether oxygens (including phenoxy) is 2. The van der Waals surface area contributed by atoms with Gasteiger partial charge in [0.25, 0.3) is 0 Å². The van der Waals surface area contributed by atoms with Crippen molar-refractivity contribution >= 4 is 11.7 Å². The van der Waals surface area contributed by atoms with Crippen molar-refractivity contribution in [2.75, 3.05) is 45.9 Å². The molecule has 0 saturated carbocycles. The average Bonchev–Trinajstić information content (AvgIpc) is 2.60. The lowest BCUT2D eigenvalue weighted by molar-refractivity contribution is -0.141. The highest BCUT2D eigenvalue weighted by Crippen LogP contribution is 2.31. The van der Waals surface area contributed by atoms with Crippen LogP contribution in [0.1, 0.15) is 31.1 Å². The molecule has 2 aliphatic rings. The molecule has 0 bridgehead atoms. The monoisotopic (exact) mass is 346 g/mol. The van der Waals surface area contributed by atoms with Gasteiger partial charge in [-0.05, 0) is 18.2 Å². The second kappa shape index (κ2) is 7.04. The molecule has 0 spiro atoms. The van der Waals surface area contributed by atoms with Crippen molar-refractivity contribution in [3.05, 3.63) is 23.8 Å². The molecule has 0 atom stereocenters. The van der Waals surface area contributed by atoms with E-state index in [0.717, 1.165) is 13.1 Å². The number of ketones is 1. The Kier molecular flexibility index (Phi) is 4.99. The van der Waals surface area contributed by atoms with Crippen LogP contribution in [0.5, 0.6) is 11.5 Å². The van der Waals surface area contributed by atoms with Gasteiger partial charge < -0.3 is 14.4 Å². The first-order valence-corrected chi connectivity index (χ1v) is 8.79. The quantitative estimate of drug-likeness (QED) is 0.782. The topological polar surface area (TPSA) is 59.1 Å². The van der Waals surface area contributed by atoms with Crippen molar-refractivity contribution in [3.63, 3.8) is 0 Å². The molecule has 0 radical (unpaired) electrons.